The third-order valence-electron chi connectivity index (χ3n) is 7.83. The predicted molar refractivity (Wildman–Crippen MR) is 138 cm³/mol. The number of likely N-dealkylation sites (tertiary alicyclic amines) is 1. The SMILES string of the molecule is CC(C)=CCC/C(C)=C/CO/N=C1/C[C@@H](O)[C@@H](O)[C@@H]2[C@@H]3C(=O)N(Cc4ccccc4)C(=O)[C@H]3CC[C@H]12. The van der Waals surface area contributed by atoms with Gasteiger partial charge in [0, 0.05) is 18.3 Å². The van der Waals surface area contributed by atoms with Crippen LogP contribution in [0.2, 0.25) is 0 Å². The van der Waals surface area contributed by atoms with Gasteiger partial charge in [0.2, 0.25) is 11.8 Å². The Morgan fingerprint density at radius 2 is 1.78 bits per heavy atom. The molecule has 7 nitrogen and oxygen atoms in total. The lowest BCUT2D eigenvalue weighted by Crippen LogP contribution is -2.54. The average Bonchev–Trinajstić information content (AvgIpc) is 3.09. The molecule has 1 saturated heterocycles. The maximum Gasteiger partial charge on any atom is 0.233 e. The number of carbonyl (C=O) groups excluding carboxylic acids is 2. The summed E-state index contributed by atoms with van der Waals surface area (Å²) in [4.78, 5) is 33.6. The summed E-state index contributed by atoms with van der Waals surface area (Å²) >= 11 is 0. The minimum atomic E-state index is -1.08. The minimum Gasteiger partial charge on any atom is -0.392 e. The third kappa shape index (κ3) is 5.62. The van der Waals surface area contributed by atoms with Crippen molar-refractivity contribution in [1.29, 1.82) is 0 Å². The molecule has 0 bridgehead atoms. The van der Waals surface area contributed by atoms with Crippen molar-refractivity contribution in [1.82, 2.24) is 4.90 Å². The van der Waals surface area contributed by atoms with Gasteiger partial charge in [0.25, 0.3) is 0 Å². The van der Waals surface area contributed by atoms with Gasteiger partial charge in [-0.05, 0) is 58.1 Å². The Hall–Kier alpha value is -2.77. The number of aliphatic hydroxyl groups is 2. The number of hydrogen-bond donors (Lipinski definition) is 2. The highest BCUT2D eigenvalue weighted by Gasteiger charge is 2.59. The number of imide groups is 1. The van der Waals surface area contributed by atoms with Crippen LogP contribution in [0.3, 0.4) is 0 Å². The van der Waals surface area contributed by atoms with E-state index in [1.54, 1.807) is 0 Å². The minimum absolute atomic E-state index is 0.178. The summed E-state index contributed by atoms with van der Waals surface area (Å²) in [5, 5.41) is 25.9. The van der Waals surface area contributed by atoms with E-state index in [2.05, 4.69) is 32.0 Å². The number of nitrogens with zero attached hydrogens (tertiary/aromatic N) is 2. The zero-order valence-electron chi connectivity index (χ0n) is 21.5. The van der Waals surface area contributed by atoms with Crippen molar-refractivity contribution in [2.75, 3.05) is 6.61 Å². The molecule has 0 unspecified atom stereocenters. The summed E-state index contributed by atoms with van der Waals surface area (Å²) in [6.07, 6.45) is 5.45. The summed E-state index contributed by atoms with van der Waals surface area (Å²) in [6.45, 7) is 6.80. The fraction of sp³-hybridized carbons (Fsp3) is 0.552. The molecule has 3 fully saturated rings. The third-order valence-corrected chi connectivity index (χ3v) is 7.83. The molecule has 0 radical (unpaired) electrons. The number of carbonyl (C=O) groups is 2. The molecule has 1 aliphatic heterocycles. The Labute approximate surface area is 213 Å². The first-order valence-electron chi connectivity index (χ1n) is 13.0. The molecule has 0 spiro atoms. The molecule has 1 heterocycles. The number of hydrogen-bond acceptors (Lipinski definition) is 6. The molecule has 4 rings (SSSR count). The van der Waals surface area contributed by atoms with Crippen LogP contribution in [-0.4, -0.2) is 51.5 Å². The molecule has 2 saturated carbocycles. The highest BCUT2D eigenvalue weighted by atomic mass is 16.6. The average molecular weight is 495 g/mol. The Balaban J connectivity index is 1.46. The molecule has 194 valence electrons. The summed E-state index contributed by atoms with van der Waals surface area (Å²) < 4.78 is 0. The van der Waals surface area contributed by atoms with Gasteiger partial charge in [0.15, 0.2) is 0 Å². The number of benzene rings is 1. The van der Waals surface area contributed by atoms with Crippen LogP contribution in [0.15, 0.2) is 58.8 Å². The number of rotatable bonds is 8. The molecule has 1 aromatic carbocycles. The lowest BCUT2D eigenvalue weighted by atomic mass is 9.60. The highest BCUT2D eigenvalue weighted by molar-refractivity contribution is 6.06. The van der Waals surface area contributed by atoms with E-state index in [1.165, 1.54) is 16.0 Å². The van der Waals surface area contributed by atoms with E-state index in [0.29, 0.717) is 25.2 Å². The maximum atomic E-state index is 13.5. The Kier molecular flexibility index (Phi) is 8.42. The van der Waals surface area contributed by atoms with Gasteiger partial charge in [-0.15, -0.1) is 0 Å². The van der Waals surface area contributed by atoms with Crippen LogP contribution in [-0.2, 0) is 21.0 Å². The van der Waals surface area contributed by atoms with Crippen LogP contribution >= 0.6 is 0 Å². The smallest absolute Gasteiger partial charge is 0.233 e. The molecule has 6 atom stereocenters. The standard InChI is InChI=1S/C29H38N2O5/c1-18(2)8-7-9-19(3)14-15-36-30-23-16-24(32)27(33)25-21(23)12-13-22-26(25)29(35)31(28(22)34)17-20-10-5-4-6-11-20/h4-6,8,10-11,14,21-22,24-27,32-33H,7,9,12-13,15-17H2,1-3H3/b19-14+,30-23-/t21-,22+,24-,25+,26-,27-/m1/s1. The quantitative estimate of drug-likeness (QED) is 0.246. The normalized spacial score (nSPS) is 31.3. The van der Waals surface area contributed by atoms with Crippen molar-refractivity contribution in [3.05, 3.63) is 59.2 Å². The van der Waals surface area contributed by atoms with Crippen LogP contribution in [0.1, 0.15) is 58.4 Å². The van der Waals surface area contributed by atoms with Crippen molar-refractivity contribution in [2.24, 2.45) is 28.8 Å². The van der Waals surface area contributed by atoms with Crippen LogP contribution < -0.4 is 0 Å². The van der Waals surface area contributed by atoms with Crippen molar-refractivity contribution in [2.45, 2.75) is 71.6 Å². The van der Waals surface area contributed by atoms with E-state index in [4.69, 9.17) is 4.84 Å². The summed E-state index contributed by atoms with van der Waals surface area (Å²) in [5.74, 6) is -2.28. The maximum absolute atomic E-state index is 13.5. The largest absolute Gasteiger partial charge is 0.392 e. The van der Waals surface area contributed by atoms with Gasteiger partial charge in [-0.25, -0.2) is 0 Å². The monoisotopic (exact) mass is 494 g/mol. The first-order valence-corrected chi connectivity index (χ1v) is 13.0. The molecule has 2 aliphatic carbocycles. The Morgan fingerprint density at radius 1 is 1.06 bits per heavy atom. The van der Waals surface area contributed by atoms with Gasteiger partial charge in [-0.3, -0.25) is 14.5 Å². The van der Waals surface area contributed by atoms with E-state index in [1.807, 2.05) is 36.4 Å². The van der Waals surface area contributed by atoms with Gasteiger partial charge in [0.1, 0.15) is 6.61 Å². The van der Waals surface area contributed by atoms with Gasteiger partial charge >= 0.3 is 0 Å². The summed E-state index contributed by atoms with van der Waals surface area (Å²) in [5.41, 5.74) is 4.09. The topological polar surface area (TPSA) is 99.4 Å². The van der Waals surface area contributed by atoms with Crippen LogP contribution in [0.4, 0.5) is 0 Å². The lowest BCUT2D eigenvalue weighted by Gasteiger charge is -2.45. The number of allylic oxidation sites excluding steroid dienone is 3. The van der Waals surface area contributed by atoms with E-state index in [0.717, 1.165) is 18.4 Å². The molecule has 0 aromatic heterocycles. The lowest BCUT2D eigenvalue weighted by molar-refractivity contribution is -0.142. The van der Waals surface area contributed by atoms with Gasteiger partial charge in [0.05, 0.1) is 36.3 Å². The molecule has 1 aromatic rings. The van der Waals surface area contributed by atoms with Crippen molar-refractivity contribution in [3.63, 3.8) is 0 Å². The first-order chi connectivity index (χ1) is 17.3. The molecule has 2 amide bonds. The number of amides is 2. The van der Waals surface area contributed by atoms with Gasteiger partial charge in [-0.1, -0.05) is 52.7 Å². The fourth-order valence-electron chi connectivity index (χ4n) is 5.95. The van der Waals surface area contributed by atoms with Crippen LogP contribution in [0, 0.1) is 23.7 Å². The fourth-order valence-corrected chi connectivity index (χ4v) is 5.95. The number of oxime groups is 1. The molecule has 36 heavy (non-hydrogen) atoms. The van der Waals surface area contributed by atoms with Crippen molar-refractivity contribution in [3.8, 4) is 0 Å². The van der Waals surface area contributed by atoms with Crippen LogP contribution in [0.25, 0.3) is 0 Å². The second-order valence-corrected chi connectivity index (χ2v) is 10.7. The number of fused-ring (bicyclic) bond motifs is 3. The first kappa shape index (κ1) is 26.3. The molecule has 3 aliphatic rings. The van der Waals surface area contributed by atoms with E-state index >= 15 is 0 Å². The van der Waals surface area contributed by atoms with Crippen molar-refractivity contribution < 1.29 is 24.6 Å². The Morgan fingerprint density at radius 3 is 2.50 bits per heavy atom. The van der Waals surface area contributed by atoms with Gasteiger partial charge < -0.3 is 15.1 Å². The Bertz CT molecular complexity index is 1040. The highest BCUT2D eigenvalue weighted by Crippen LogP contribution is 2.49. The van der Waals surface area contributed by atoms with Crippen molar-refractivity contribution >= 4 is 17.5 Å². The number of aliphatic hydroxyl groups excluding tert-OH is 2. The van der Waals surface area contributed by atoms with E-state index in [9.17, 15) is 19.8 Å². The summed E-state index contributed by atoms with van der Waals surface area (Å²) in [6, 6.07) is 9.45. The second kappa shape index (κ2) is 11.5. The molecule has 2 N–H and O–H groups in total. The summed E-state index contributed by atoms with van der Waals surface area (Å²) in [7, 11) is 0. The van der Waals surface area contributed by atoms with E-state index < -0.39 is 30.0 Å². The second-order valence-electron chi connectivity index (χ2n) is 10.7. The predicted octanol–water partition coefficient (Wildman–Crippen LogP) is 4.00. The van der Waals surface area contributed by atoms with E-state index in [-0.39, 0.29) is 30.7 Å². The zero-order chi connectivity index (χ0) is 25.8. The molecule has 7 heteroatoms. The van der Waals surface area contributed by atoms with Gasteiger partial charge in [-0.2, -0.15) is 0 Å². The molecular weight excluding hydrogens is 456 g/mol. The van der Waals surface area contributed by atoms with Crippen LogP contribution in [0.5, 0.6) is 0 Å². The zero-order valence-corrected chi connectivity index (χ0v) is 21.5. The molecular formula is C29H38N2O5.